The van der Waals surface area contributed by atoms with Crippen LogP contribution in [0.4, 0.5) is 0 Å². The zero-order chi connectivity index (χ0) is 17.1. The predicted octanol–water partition coefficient (Wildman–Crippen LogP) is 4.38. The van der Waals surface area contributed by atoms with Gasteiger partial charge in [0.05, 0.1) is 0 Å². The van der Waals surface area contributed by atoms with Crippen molar-refractivity contribution in [1.29, 1.82) is 0 Å². The van der Waals surface area contributed by atoms with E-state index in [0.717, 1.165) is 22.6 Å². The maximum Gasteiger partial charge on any atom is 0.254 e. The molecule has 2 atom stereocenters. The van der Waals surface area contributed by atoms with E-state index in [1.165, 1.54) is 5.56 Å². The van der Waals surface area contributed by atoms with E-state index in [4.69, 9.17) is 18.9 Å². The largest absolute Gasteiger partial charge is 0.462 e. The zero-order valence-corrected chi connectivity index (χ0v) is 14.1. The zero-order valence-electron chi connectivity index (χ0n) is 14.1. The molecule has 25 heavy (non-hydrogen) atoms. The van der Waals surface area contributed by atoms with Gasteiger partial charge in [0.1, 0.15) is 30.0 Å². The van der Waals surface area contributed by atoms with E-state index in [1.807, 2.05) is 30.3 Å². The third-order valence-electron chi connectivity index (χ3n) is 4.42. The van der Waals surface area contributed by atoms with Gasteiger partial charge in [-0.05, 0) is 23.6 Å². The highest BCUT2D eigenvalue weighted by molar-refractivity contribution is 5.35. The van der Waals surface area contributed by atoms with Crippen LogP contribution in [0.5, 0.6) is 0 Å². The predicted molar refractivity (Wildman–Crippen MR) is 93.2 cm³/mol. The summed E-state index contributed by atoms with van der Waals surface area (Å²) in [5.41, 5.74) is 3.45. The third-order valence-corrected chi connectivity index (χ3v) is 4.42. The van der Waals surface area contributed by atoms with Gasteiger partial charge in [-0.15, -0.1) is 0 Å². The van der Waals surface area contributed by atoms with E-state index in [9.17, 15) is 0 Å². The number of benzene rings is 2. The molecule has 0 aromatic heterocycles. The van der Waals surface area contributed by atoms with E-state index in [-0.39, 0.29) is 12.7 Å². The van der Waals surface area contributed by atoms with Crippen molar-refractivity contribution in [2.75, 3.05) is 6.79 Å². The van der Waals surface area contributed by atoms with Gasteiger partial charge in [0.25, 0.3) is 6.29 Å². The number of aryl methyl sites for hydroxylation is 1. The Morgan fingerprint density at radius 1 is 1.00 bits per heavy atom. The normalized spacial score (nSPS) is 19.8. The molecule has 0 spiro atoms. The third kappa shape index (κ3) is 3.33. The molecule has 0 fully saturated rings. The standard InChI is InChI=1S/C21H20O4/c1-15-7-5-6-10-18(15)20(19-13-22-14-24-19)21-23-12-17(25-21)11-16-8-3-2-4-9-16/h2-10,12-13,20-21H,11,14H2,1H3. The Morgan fingerprint density at radius 3 is 2.56 bits per heavy atom. The first-order valence-electron chi connectivity index (χ1n) is 8.36. The molecular formula is C21H20O4. The van der Waals surface area contributed by atoms with Crippen LogP contribution in [0.1, 0.15) is 22.6 Å². The highest BCUT2D eigenvalue weighted by Crippen LogP contribution is 2.38. The van der Waals surface area contributed by atoms with Crippen LogP contribution < -0.4 is 0 Å². The lowest BCUT2D eigenvalue weighted by atomic mass is 9.92. The summed E-state index contributed by atoms with van der Waals surface area (Å²) in [5.74, 6) is 1.37. The van der Waals surface area contributed by atoms with Crippen LogP contribution in [0.2, 0.25) is 0 Å². The molecule has 2 aliphatic rings. The van der Waals surface area contributed by atoms with Crippen molar-refractivity contribution in [3.05, 3.63) is 95.3 Å². The Bertz CT molecular complexity index is 795. The van der Waals surface area contributed by atoms with Gasteiger partial charge >= 0.3 is 0 Å². The number of rotatable bonds is 5. The monoisotopic (exact) mass is 336 g/mol. The second-order valence-electron chi connectivity index (χ2n) is 6.15. The van der Waals surface area contributed by atoms with Crippen LogP contribution in [0.15, 0.2) is 78.6 Å². The summed E-state index contributed by atoms with van der Waals surface area (Å²) in [4.78, 5) is 0. The van der Waals surface area contributed by atoms with E-state index in [2.05, 4.69) is 31.2 Å². The van der Waals surface area contributed by atoms with Crippen molar-refractivity contribution in [1.82, 2.24) is 0 Å². The maximum absolute atomic E-state index is 6.11. The molecule has 0 amide bonds. The van der Waals surface area contributed by atoms with E-state index >= 15 is 0 Å². The molecule has 0 saturated heterocycles. The van der Waals surface area contributed by atoms with Crippen LogP contribution in [0.3, 0.4) is 0 Å². The number of allylic oxidation sites excluding steroid dienone is 1. The Labute approximate surface area is 147 Å². The Kier molecular flexibility index (Phi) is 4.34. The smallest absolute Gasteiger partial charge is 0.254 e. The van der Waals surface area contributed by atoms with E-state index in [0.29, 0.717) is 6.42 Å². The first kappa shape index (κ1) is 15.6. The van der Waals surface area contributed by atoms with Gasteiger partial charge in [-0.3, -0.25) is 0 Å². The molecule has 128 valence electrons. The van der Waals surface area contributed by atoms with Crippen LogP contribution in [-0.4, -0.2) is 13.1 Å². The van der Waals surface area contributed by atoms with Crippen molar-refractivity contribution in [2.24, 2.45) is 0 Å². The number of ether oxygens (including phenoxy) is 4. The summed E-state index contributed by atoms with van der Waals surface area (Å²) in [7, 11) is 0. The summed E-state index contributed by atoms with van der Waals surface area (Å²) >= 11 is 0. The van der Waals surface area contributed by atoms with Crippen molar-refractivity contribution < 1.29 is 18.9 Å². The molecule has 4 heteroatoms. The highest BCUT2D eigenvalue weighted by Gasteiger charge is 2.37. The Hall–Kier alpha value is -2.88. The van der Waals surface area contributed by atoms with Gasteiger partial charge in [-0.25, -0.2) is 0 Å². The van der Waals surface area contributed by atoms with Gasteiger partial charge in [0.2, 0.25) is 6.79 Å². The van der Waals surface area contributed by atoms with Crippen LogP contribution in [0, 0.1) is 6.92 Å². The van der Waals surface area contributed by atoms with Crippen LogP contribution in [0.25, 0.3) is 0 Å². The van der Waals surface area contributed by atoms with Crippen molar-refractivity contribution >= 4 is 0 Å². The Balaban J connectivity index is 1.55. The molecule has 0 aliphatic carbocycles. The molecule has 0 N–H and O–H groups in total. The lowest BCUT2D eigenvalue weighted by Gasteiger charge is -2.24. The van der Waals surface area contributed by atoms with Crippen molar-refractivity contribution in [2.45, 2.75) is 25.6 Å². The molecule has 2 aromatic carbocycles. The molecule has 2 aliphatic heterocycles. The topological polar surface area (TPSA) is 36.9 Å². The fourth-order valence-electron chi connectivity index (χ4n) is 3.16. The first-order valence-corrected chi connectivity index (χ1v) is 8.36. The molecule has 0 radical (unpaired) electrons. The fraction of sp³-hybridized carbons (Fsp3) is 0.238. The first-order chi connectivity index (χ1) is 12.3. The molecule has 2 heterocycles. The van der Waals surface area contributed by atoms with E-state index in [1.54, 1.807) is 12.5 Å². The second kappa shape index (κ2) is 6.93. The van der Waals surface area contributed by atoms with Gasteiger partial charge in [0, 0.05) is 6.42 Å². The average Bonchev–Trinajstić information content (AvgIpc) is 3.31. The van der Waals surface area contributed by atoms with Crippen molar-refractivity contribution in [3.63, 3.8) is 0 Å². The lowest BCUT2D eigenvalue weighted by molar-refractivity contribution is -0.0563. The molecular weight excluding hydrogens is 316 g/mol. The molecule has 4 rings (SSSR count). The second-order valence-corrected chi connectivity index (χ2v) is 6.15. The van der Waals surface area contributed by atoms with Crippen LogP contribution >= 0.6 is 0 Å². The van der Waals surface area contributed by atoms with Gasteiger partial charge in [-0.1, -0.05) is 54.6 Å². The number of hydrogen-bond acceptors (Lipinski definition) is 4. The molecule has 0 saturated carbocycles. The SMILES string of the molecule is Cc1ccccc1C(C1=COCO1)C1OC=C(Cc2ccccc2)O1. The lowest BCUT2D eigenvalue weighted by Crippen LogP contribution is -2.23. The summed E-state index contributed by atoms with van der Waals surface area (Å²) in [6.45, 7) is 2.31. The highest BCUT2D eigenvalue weighted by atomic mass is 16.7. The number of hydrogen-bond donors (Lipinski definition) is 0. The van der Waals surface area contributed by atoms with Gasteiger partial charge in [-0.2, -0.15) is 0 Å². The molecule has 2 unspecified atom stereocenters. The average molecular weight is 336 g/mol. The molecule has 4 nitrogen and oxygen atoms in total. The van der Waals surface area contributed by atoms with E-state index < -0.39 is 6.29 Å². The molecule has 2 aromatic rings. The summed E-state index contributed by atoms with van der Waals surface area (Å²) in [6.07, 6.45) is 3.60. The minimum atomic E-state index is -0.465. The Morgan fingerprint density at radius 2 is 1.80 bits per heavy atom. The summed E-state index contributed by atoms with van der Waals surface area (Å²) < 4.78 is 22.9. The fourth-order valence-corrected chi connectivity index (χ4v) is 3.16. The van der Waals surface area contributed by atoms with Crippen LogP contribution in [-0.2, 0) is 25.4 Å². The minimum Gasteiger partial charge on any atom is -0.462 e. The maximum atomic E-state index is 6.11. The quantitative estimate of drug-likeness (QED) is 0.812. The minimum absolute atomic E-state index is 0.173. The van der Waals surface area contributed by atoms with Gasteiger partial charge in [0.15, 0.2) is 0 Å². The van der Waals surface area contributed by atoms with Gasteiger partial charge < -0.3 is 18.9 Å². The van der Waals surface area contributed by atoms with Crippen molar-refractivity contribution in [3.8, 4) is 0 Å². The summed E-state index contributed by atoms with van der Waals surface area (Å²) in [6, 6.07) is 18.4. The summed E-state index contributed by atoms with van der Waals surface area (Å²) in [5, 5.41) is 0. The molecule has 0 bridgehead atoms.